The fraction of sp³-hybridized carbons (Fsp3) is 0.500. The number of nitrogens with zero attached hydrogens (tertiary/aromatic N) is 2. The van der Waals surface area contributed by atoms with Gasteiger partial charge in [-0.05, 0) is 39.7 Å². The topological polar surface area (TPSA) is 68.0 Å². The van der Waals surface area contributed by atoms with E-state index in [-0.39, 0.29) is 11.9 Å². The lowest BCUT2D eigenvalue weighted by atomic mass is 10.1. The summed E-state index contributed by atoms with van der Waals surface area (Å²) in [6.07, 6.45) is 2.27. The van der Waals surface area contributed by atoms with Crippen molar-refractivity contribution in [1.82, 2.24) is 15.5 Å². The van der Waals surface area contributed by atoms with Gasteiger partial charge in [0.15, 0.2) is 0 Å². The first-order chi connectivity index (χ1) is 9.06. The van der Waals surface area contributed by atoms with Crippen LogP contribution in [0.5, 0.6) is 0 Å². The number of hydrogen-bond donors (Lipinski definition) is 1. The van der Waals surface area contributed by atoms with Crippen molar-refractivity contribution in [3.8, 4) is 0 Å². The van der Waals surface area contributed by atoms with E-state index >= 15 is 0 Å². The second kappa shape index (κ2) is 4.33. The van der Waals surface area contributed by atoms with Gasteiger partial charge < -0.3 is 9.84 Å². The lowest BCUT2D eigenvalue weighted by molar-refractivity contribution is 0.0944. The van der Waals surface area contributed by atoms with Crippen molar-refractivity contribution in [3.05, 3.63) is 23.0 Å². The second-order valence-electron chi connectivity index (χ2n) is 5.45. The number of rotatable bonds is 3. The Balaban J connectivity index is 2.13. The number of amides is 1. The molecule has 1 aliphatic carbocycles. The molecule has 0 atom stereocenters. The van der Waals surface area contributed by atoms with Crippen LogP contribution in [0.4, 0.5) is 0 Å². The van der Waals surface area contributed by atoms with E-state index in [1.165, 1.54) is 0 Å². The first-order valence-corrected chi connectivity index (χ1v) is 6.64. The smallest absolute Gasteiger partial charge is 0.259 e. The summed E-state index contributed by atoms with van der Waals surface area (Å²) in [6, 6.07) is 1.99. The summed E-state index contributed by atoms with van der Waals surface area (Å²) in [5, 5.41) is 7.56. The molecule has 2 aromatic rings. The molecule has 0 aliphatic heterocycles. The fourth-order valence-electron chi connectivity index (χ4n) is 2.22. The highest BCUT2D eigenvalue weighted by molar-refractivity contribution is 6.06. The molecular weight excluding hydrogens is 242 g/mol. The zero-order valence-electron chi connectivity index (χ0n) is 11.4. The quantitative estimate of drug-likeness (QED) is 0.919. The lowest BCUT2D eigenvalue weighted by Crippen LogP contribution is -2.30. The fourth-order valence-corrected chi connectivity index (χ4v) is 2.22. The maximum absolute atomic E-state index is 12.3. The number of pyridine rings is 1. The molecule has 1 saturated carbocycles. The Hall–Kier alpha value is -1.91. The van der Waals surface area contributed by atoms with Crippen LogP contribution in [0.15, 0.2) is 10.6 Å². The SMILES string of the molecule is Cc1noc2nc(C3CC3)cc(C(=O)NC(C)C)c12. The zero-order chi connectivity index (χ0) is 13.6. The van der Waals surface area contributed by atoms with Gasteiger partial charge in [-0.15, -0.1) is 0 Å². The van der Waals surface area contributed by atoms with E-state index in [9.17, 15) is 4.79 Å². The molecule has 1 N–H and O–H groups in total. The van der Waals surface area contributed by atoms with E-state index < -0.39 is 0 Å². The van der Waals surface area contributed by atoms with Crippen LogP contribution in [-0.2, 0) is 0 Å². The standard InChI is InChI=1S/C14H17N3O2/c1-7(2)15-13(18)10-6-11(9-4-5-9)16-14-12(10)8(3)17-19-14/h6-7,9H,4-5H2,1-3H3,(H,15,18). The van der Waals surface area contributed by atoms with Gasteiger partial charge in [-0.2, -0.15) is 0 Å². The van der Waals surface area contributed by atoms with Crippen LogP contribution in [0.3, 0.4) is 0 Å². The first kappa shape index (κ1) is 12.1. The normalized spacial score (nSPS) is 15.2. The first-order valence-electron chi connectivity index (χ1n) is 6.64. The maximum Gasteiger partial charge on any atom is 0.259 e. The van der Waals surface area contributed by atoms with E-state index in [4.69, 9.17) is 4.52 Å². The predicted molar refractivity (Wildman–Crippen MR) is 71.1 cm³/mol. The summed E-state index contributed by atoms with van der Waals surface area (Å²) >= 11 is 0. The van der Waals surface area contributed by atoms with E-state index in [1.807, 2.05) is 26.8 Å². The molecule has 0 unspecified atom stereocenters. The molecular formula is C14H17N3O2. The zero-order valence-corrected chi connectivity index (χ0v) is 11.4. The Morgan fingerprint density at radius 3 is 2.84 bits per heavy atom. The van der Waals surface area contributed by atoms with Crippen molar-refractivity contribution in [1.29, 1.82) is 0 Å². The molecule has 0 saturated heterocycles. The van der Waals surface area contributed by atoms with Gasteiger partial charge in [0.05, 0.1) is 16.6 Å². The Morgan fingerprint density at radius 1 is 1.47 bits per heavy atom. The molecule has 2 heterocycles. The minimum absolute atomic E-state index is 0.0874. The van der Waals surface area contributed by atoms with E-state index in [1.54, 1.807) is 0 Å². The molecule has 0 aromatic carbocycles. The number of aromatic nitrogens is 2. The van der Waals surface area contributed by atoms with Crippen molar-refractivity contribution in [3.63, 3.8) is 0 Å². The van der Waals surface area contributed by atoms with Gasteiger partial charge in [0.25, 0.3) is 11.6 Å². The van der Waals surface area contributed by atoms with Crippen LogP contribution in [-0.4, -0.2) is 22.1 Å². The van der Waals surface area contributed by atoms with Crippen molar-refractivity contribution >= 4 is 17.0 Å². The molecule has 19 heavy (non-hydrogen) atoms. The van der Waals surface area contributed by atoms with E-state index in [0.717, 1.165) is 23.9 Å². The second-order valence-corrected chi connectivity index (χ2v) is 5.45. The minimum Gasteiger partial charge on any atom is -0.350 e. The molecule has 100 valence electrons. The molecule has 5 nitrogen and oxygen atoms in total. The summed E-state index contributed by atoms with van der Waals surface area (Å²) < 4.78 is 5.22. The van der Waals surface area contributed by atoms with Crippen molar-refractivity contribution < 1.29 is 9.32 Å². The van der Waals surface area contributed by atoms with Crippen LogP contribution < -0.4 is 5.32 Å². The molecule has 5 heteroatoms. The van der Waals surface area contributed by atoms with Gasteiger partial charge in [-0.25, -0.2) is 4.98 Å². The largest absolute Gasteiger partial charge is 0.350 e. The number of aryl methyl sites for hydroxylation is 1. The molecule has 2 aromatic heterocycles. The Bertz CT molecular complexity index is 641. The molecule has 1 aliphatic rings. The van der Waals surface area contributed by atoms with Crippen LogP contribution in [0.1, 0.15) is 54.4 Å². The monoisotopic (exact) mass is 259 g/mol. The molecule has 3 rings (SSSR count). The van der Waals surface area contributed by atoms with Gasteiger partial charge >= 0.3 is 0 Å². The summed E-state index contributed by atoms with van der Waals surface area (Å²) in [4.78, 5) is 16.8. The van der Waals surface area contributed by atoms with Crippen molar-refractivity contribution in [2.75, 3.05) is 0 Å². The van der Waals surface area contributed by atoms with Gasteiger partial charge in [0, 0.05) is 17.7 Å². The van der Waals surface area contributed by atoms with Gasteiger partial charge in [0.2, 0.25) is 0 Å². The number of hydrogen-bond acceptors (Lipinski definition) is 4. The number of nitrogens with one attached hydrogen (secondary N) is 1. The minimum atomic E-state index is -0.0874. The Labute approximate surface area is 111 Å². The third kappa shape index (κ3) is 2.20. The lowest BCUT2D eigenvalue weighted by Gasteiger charge is -2.10. The maximum atomic E-state index is 12.3. The molecule has 1 amide bonds. The highest BCUT2D eigenvalue weighted by Gasteiger charge is 2.28. The van der Waals surface area contributed by atoms with Crippen molar-refractivity contribution in [2.24, 2.45) is 0 Å². The molecule has 0 spiro atoms. The highest BCUT2D eigenvalue weighted by atomic mass is 16.5. The van der Waals surface area contributed by atoms with Crippen LogP contribution in [0.2, 0.25) is 0 Å². The molecule has 0 bridgehead atoms. The average Bonchev–Trinajstić information content (AvgIpc) is 3.13. The van der Waals surface area contributed by atoms with E-state index in [2.05, 4.69) is 15.5 Å². The third-order valence-electron chi connectivity index (χ3n) is 3.30. The van der Waals surface area contributed by atoms with E-state index in [0.29, 0.717) is 22.9 Å². The van der Waals surface area contributed by atoms with Crippen LogP contribution in [0.25, 0.3) is 11.1 Å². The average molecular weight is 259 g/mol. The van der Waals surface area contributed by atoms with Crippen LogP contribution >= 0.6 is 0 Å². The summed E-state index contributed by atoms with van der Waals surface area (Å²) in [6.45, 7) is 5.72. The van der Waals surface area contributed by atoms with Gasteiger partial charge in [0.1, 0.15) is 0 Å². The summed E-state index contributed by atoms with van der Waals surface area (Å²) in [7, 11) is 0. The highest BCUT2D eigenvalue weighted by Crippen LogP contribution is 2.40. The summed E-state index contributed by atoms with van der Waals surface area (Å²) in [5.74, 6) is 0.385. The Morgan fingerprint density at radius 2 is 2.21 bits per heavy atom. The predicted octanol–water partition coefficient (Wildman–Crippen LogP) is 2.55. The molecule has 1 fully saturated rings. The molecule has 0 radical (unpaired) electrons. The number of carbonyl (C=O) groups is 1. The van der Waals surface area contributed by atoms with Crippen molar-refractivity contribution in [2.45, 2.75) is 45.6 Å². The third-order valence-corrected chi connectivity index (χ3v) is 3.30. The summed E-state index contributed by atoms with van der Waals surface area (Å²) in [5.41, 5.74) is 2.74. The Kier molecular flexibility index (Phi) is 2.77. The number of carbonyl (C=O) groups excluding carboxylic acids is 1. The van der Waals surface area contributed by atoms with Gasteiger partial charge in [-0.1, -0.05) is 5.16 Å². The van der Waals surface area contributed by atoms with Crippen LogP contribution in [0, 0.1) is 6.92 Å². The number of fused-ring (bicyclic) bond motifs is 1. The van der Waals surface area contributed by atoms with Gasteiger partial charge in [-0.3, -0.25) is 4.79 Å².